The van der Waals surface area contributed by atoms with Crippen molar-refractivity contribution in [1.82, 2.24) is 4.90 Å². The van der Waals surface area contributed by atoms with Gasteiger partial charge in [0.05, 0.1) is 6.54 Å². The molecule has 0 saturated heterocycles. The molecule has 12 heavy (non-hydrogen) atoms. The Balaban J connectivity index is 3.94. The van der Waals surface area contributed by atoms with Crippen LogP contribution in [-0.2, 0) is 4.79 Å². The highest BCUT2D eigenvalue weighted by Crippen LogP contribution is 1.92. The molecule has 0 aromatic carbocycles. The molecule has 0 atom stereocenters. The third kappa shape index (κ3) is 4.68. The summed E-state index contributed by atoms with van der Waals surface area (Å²) < 4.78 is 0. The van der Waals surface area contributed by atoms with E-state index in [1.54, 1.807) is 0 Å². The second-order valence-electron chi connectivity index (χ2n) is 2.94. The van der Waals surface area contributed by atoms with E-state index in [1.807, 2.05) is 25.8 Å². The van der Waals surface area contributed by atoms with Gasteiger partial charge in [-0.2, -0.15) is 4.99 Å². The Kier molecular flexibility index (Phi) is 4.28. The molecule has 0 heterocycles. The Morgan fingerprint density at radius 2 is 2.00 bits per heavy atom. The fourth-order valence-corrected chi connectivity index (χ4v) is 0.575. The number of amides is 1. The number of aliphatic imine (C=N–C) groups is 1. The highest BCUT2D eigenvalue weighted by molar-refractivity contribution is 5.92. The molecule has 0 fully saturated rings. The predicted molar refractivity (Wildman–Crippen MR) is 48.6 cm³/mol. The zero-order valence-corrected chi connectivity index (χ0v) is 7.74. The van der Waals surface area contributed by atoms with E-state index in [1.165, 1.54) is 0 Å². The number of carbonyl (C=O) groups excluding carboxylic acids is 1. The van der Waals surface area contributed by atoms with Crippen molar-refractivity contribution in [3.05, 3.63) is 0 Å². The molecule has 0 saturated carbocycles. The smallest absolute Gasteiger partial charge is 0.263 e. The number of nitrogens with two attached hydrogens (primary N) is 2. The monoisotopic (exact) mass is 172 g/mol. The summed E-state index contributed by atoms with van der Waals surface area (Å²) in [7, 11) is 1.84. The van der Waals surface area contributed by atoms with Gasteiger partial charge >= 0.3 is 0 Å². The van der Waals surface area contributed by atoms with Crippen molar-refractivity contribution in [2.45, 2.75) is 19.9 Å². The van der Waals surface area contributed by atoms with Gasteiger partial charge in [0.1, 0.15) is 0 Å². The molecular weight excluding hydrogens is 156 g/mol. The number of guanidine groups is 1. The van der Waals surface area contributed by atoms with Gasteiger partial charge in [-0.15, -0.1) is 0 Å². The van der Waals surface area contributed by atoms with Crippen LogP contribution in [0.25, 0.3) is 0 Å². The van der Waals surface area contributed by atoms with Crippen molar-refractivity contribution in [3.63, 3.8) is 0 Å². The fourth-order valence-electron chi connectivity index (χ4n) is 0.575. The van der Waals surface area contributed by atoms with Crippen molar-refractivity contribution in [3.8, 4) is 0 Å². The van der Waals surface area contributed by atoms with Crippen LogP contribution in [-0.4, -0.2) is 36.4 Å². The maximum Gasteiger partial charge on any atom is 0.263 e. The summed E-state index contributed by atoms with van der Waals surface area (Å²) in [6.45, 7) is 4.22. The second kappa shape index (κ2) is 4.71. The summed E-state index contributed by atoms with van der Waals surface area (Å²) in [5.41, 5.74) is 10.1. The van der Waals surface area contributed by atoms with Crippen LogP contribution in [0.15, 0.2) is 4.99 Å². The molecule has 0 spiro atoms. The maximum absolute atomic E-state index is 11.0. The van der Waals surface area contributed by atoms with Crippen molar-refractivity contribution in [2.24, 2.45) is 16.5 Å². The van der Waals surface area contributed by atoms with E-state index in [-0.39, 0.29) is 18.4 Å². The SMILES string of the molecule is CC(C)N(C)CC(=O)N=C(N)N. The van der Waals surface area contributed by atoms with Gasteiger partial charge < -0.3 is 11.5 Å². The first kappa shape index (κ1) is 10.9. The van der Waals surface area contributed by atoms with Crippen LogP contribution in [0.1, 0.15) is 13.8 Å². The number of likely N-dealkylation sites (N-methyl/N-ethyl adjacent to an activating group) is 1. The van der Waals surface area contributed by atoms with Crippen LogP contribution < -0.4 is 11.5 Å². The normalized spacial score (nSPS) is 10.4. The average molecular weight is 172 g/mol. The van der Waals surface area contributed by atoms with Gasteiger partial charge in [0.2, 0.25) is 0 Å². The van der Waals surface area contributed by atoms with Gasteiger partial charge in [0, 0.05) is 6.04 Å². The van der Waals surface area contributed by atoms with Crippen molar-refractivity contribution in [2.75, 3.05) is 13.6 Å². The maximum atomic E-state index is 11.0. The molecule has 5 heteroatoms. The molecule has 0 radical (unpaired) electrons. The first-order chi connectivity index (χ1) is 5.43. The molecule has 1 amide bonds. The molecule has 5 nitrogen and oxygen atoms in total. The average Bonchev–Trinajstić information content (AvgIpc) is 1.84. The van der Waals surface area contributed by atoms with Gasteiger partial charge in [-0.3, -0.25) is 9.69 Å². The lowest BCUT2D eigenvalue weighted by Crippen LogP contribution is -2.33. The molecule has 0 aliphatic heterocycles. The predicted octanol–water partition coefficient (Wildman–Crippen LogP) is -0.873. The lowest BCUT2D eigenvalue weighted by molar-refractivity contribution is -0.118. The third-order valence-electron chi connectivity index (χ3n) is 1.52. The second-order valence-corrected chi connectivity index (χ2v) is 2.94. The highest BCUT2D eigenvalue weighted by atomic mass is 16.1. The minimum Gasteiger partial charge on any atom is -0.370 e. The summed E-state index contributed by atoms with van der Waals surface area (Å²) in [5, 5.41) is 0. The number of hydrogen-bond acceptors (Lipinski definition) is 2. The van der Waals surface area contributed by atoms with Gasteiger partial charge in [0.25, 0.3) is 5.91 Å². The van der Waals surface area contributed by atoms with E-state index in [4.69, 9.17) is 11.5 Å². The third-order valence-corrected chi connectivity index (χ3v) is 1.52. The van der Waals surface area contributed by atoms with E-state index >= 15 is 0 Å². The number of carbonyl (C=O) groups is 1. The van der Waals surface area contributed by atoms with E-state index in [0.29, 0.717) is 6.04 Å². The Morgan fingerprint density at radius 1 is 1.50 bits per heavy atom. The highest BCUT2D eigenvalue weighted by Gasteiger charge is 2.07. The van der Waals surface area contributed by atoms with Crippen molar-refractivity contribution >= 4 is 11.9 Å². The standard InChI is InChI=1S/C7H16N4O/c1-5(2)11(3)4-6(12)10-7(8)9/h5H,4H2,1-3H3,(H4,8,9,10,12). The Bertz CT molecular complexity index is 184. The topological polar surface area (TPSA) is 84.7 Å². The molecule has 0 unspecified atom stereocenters. The molecular formula is C7H16N4O. The molecule has 0 aliphatic carbocycles. The molecule has 0 aromatic heterocycles. The quantitative estimate of drug-likeness (QED) is 0.428. The van der Waals surface area contributed by atoms with Gasteiger partial charge in [0.15, 0.2) is 5.96 Å². The zero-order chi connectivity index (χ0) is 9.72. The van der Waals surface area contributed by atoms with Gasteiger partial charge in [-0.1, -0.05) is 0 Å². The van der Waals surface area contributed by atoms with Crippen LogP contribution >= 0.6 is 0 Å². The summed E-state index contributed by atoms with van der Waals surface area (Å²) in [6, 6.07) is 0.308. The summed E-state index contributed by atoms with van der Waals surface area (Å²) >= 11 is 0. The van der Waals surface area contributed by atoms with Gasteiger partial charge in [-0.25, -0.2) is 0 Å². The van der Waals surface area contributed by atoms with E-state index < -0.39 is 0 Å². The van der Waals surface area contributed by atoms with Crippen LogP contribution in [0.2, 0.25) is 0 Å². The van der Waals surface area contributed by atoms with Crippen molar-refractivity contribution < 1.29 is 4.79 Å². The van der Waals surface area contributed by atoms with E-state index in [0.717, 1.165) is 0 Å². The van der Waals surface area contributed by atoms with Crippen LogP contribution in [0.5, 0.6) is 0 Å². The minimum atomic E-state index is -0.314. The molecule has 70 valence electrons. The number of rotatable bonds is 3. The Morgan fingerprint density at radius 3 is 2.33 bits per heavy atom. The summed E-state index contributed by atoms with van der Waals surface area (Å²) in [5.74, 6) is -0.497. The van der Waals surface area contributed by atoms with Crippen molar-refractivity contribution in [1.29, 1.82) is 0 Å². The lowest BCUT2D eigenvalue weighted by atomic mass is 10.3. The van der Waals surface area contributed by atoms with Crippen LogP contribution in [0, 0.1) is 0 Å². The number of nitrogens with zero attached hydrogens (tertiary/aromatic N) is 2. The first-order valence-electron chi connectivity index (χ1n) is 3.76. The molecule has 0 bridgehead atoms. The zero-order valence-electron chi connectivity index (χ0n) is 7.74. The van der Waals surface area contributed by atoms with Crippen LogP contribution in [0.4, 0.5) is 0 Å². The minimum absolute atomic E-state index is 0.183. The van der Waals surface area contributed by atoms with Crippen LogP contribution in [0.3, 0.4) is 0 Å². The molecule has 0 rings (SSSR count). The molecule has 0 aromatic rings. The summed E-state index contributed by atoms with van der Waals surface area (Å²) in [4.78, 5) is 16.2. The van der Waals surface area contributed by atoms with E-state index in [9.17, 15) is 4.79 Å². The lowest BCUT2D eigenvalue weighted by Gasteiger charge is -2.18. The largest absolute Gasteiger partial charge is 0.370 e. The molecule has 4 N–H and O–H groups in total. The van der Waals surface area contributed by atoms with E-state index in [2.05, 4.69) is 4.99 Å². The fraction of sp³-hybridized carbons (Fsp3) is 0.714. The number of hydrogen-bond donors (Lipinski definition) is 2. The van der Waals surface area contributed by atoms with Gasteiger partial charge in [-0.05, 0) is 20.9 Å². The Hall–Kier alpha value is -1.10. The Labute approximate surface area is 72.4 Å². The summed E-state index contributed by atoms with van der Waals surface area (Å²) in [6.07, 6.45) is 0. The first-order valence-corrected chi connectivity index (χ1v) is 3.76. The molecule has 0 aliphatic rings.